The molecule has 0 aromatic carbocycles. The lowest BCUT2D eigenvalue weighted by Crippen LogP contribution is -2.26. The summed E-state index contributed by atoms with van der Waals surface area (Å²) in [5.41, 5.74) is 0.401. The molecule has 1 aromatic heterocycles. The Morgan fingerprint density at radius 3 is 2.82 bits per heavy atom. The van der Waals surface area contributed by atoms with E-state index in [1.54, 1.807) is 13.0 Å². The van der Waals surface area contributed by atoms with Crippen molar-refractivity contribution < 1.29 is 14.3 Å². The van der Waals surface area contributed by atoms with Crippen LogP contribution in [0.25, 0.3) is 0 Å². The van der Waals surface area contributed by atoms with E-state index in [2.05, 4.69) is 10.3 Å². The third kappa shape index (κ3) is 4.82. The van der Waals surface area contributed by atoms with E-state index in [0.29, 0.717) is 17.3 Å². The zero-order valence-electron chi connectivity index (χ0n) is 9.40. The van der Waals surface area contributed by atoms with E-state index >= 15 is 0 Å². The lowest BCUT2D eigenvalue weighted by atomic mass is 10.2. The fourth-order valence-electron chi connectivity index (χ4n) is 1.12. The first-order chi connectivity index (χ1) is 8.13. The highest BCUT2D eigenvalue weighted by Gasteiger charge is 2.07. The van der Waals surface area contributed by atoms with Gasteiger partial charge in [-0.3, -0.25) is 9.59 Å². The van der Waals surface area contributed by atoms with Crippen molar-refractivity contribution in [1.82, 2.24) is 10.3 Å². The van der Waals surface area contributed by atoms with Gasteiger partial charge in [-0.05, 0) is 19.1 Å². The molecule has 1 N–H and O–H groups in total. The molecule has 1 rings (SSSR count). The summed E-state index contributed by atoms with van der Waals surface area (Å²) in [4.78, 5) is 26.3. The van der Waals surface area contributed by atoms with Crippen LogP contribution >= 0.6 is 11.6 Å². The van der Waals surface area contributed by atoms with Gasteiger partial charge in [0.05, 0.1) is 18.6 Å². The lowest BCUT2D eigenvalue weighted by molar-refractivity contribution is -0.142. The third-order valence-electron chi connectivity index (χ3n) is 1.91. The van der Waals surface area contributed by atoms with Crippen molar-refractivity contribution in [3.63, 3.8) is 0 Å². The van der Waals surface area contributed by atoms with Crippen LogP contribution in [-0.4, -0.2) is 30.0 Å². The van der Waals surface area contributed by atoms with Crippen molar-refractivity contribution in [2.75, 3.05) is 13.2 Å². The highest BCUT2D eigenvalue weighted by atomic mass is 35.5. The van der Waals surface area contributed by atoms with Gasteiger partial charge in [0, 0.05) is 12.7 Å². The van der Waals surface area contributed by atoms with Crippen molar-refractivity contribution in [2.24, 2.45) is 0 Å². The van der Waals surface area contributed by atoms with E-state index < -0.39 is 0 Å². The summed E-state index contributed by atoms with van der Waals surface area (Å²) in [6, 6.07) is 3.09. The Balaban J connectivity index is 2.35. The average Bonchev–Trinajstić information content (AvgIpc) is 2.30. The number of pyridine rings is 1. The summed E-state index contributed by atoms with van der Waals surface area (Å²) in [5, 5.41) is 2.91. The second-order valence-corrected chi connectivity index (χ2v) is 3.57. The second kappa shape index (κ2) is 6.85. The fourth-order valence-corrected chi connectivity index (χ4v) is 1.24. The van der Waals surface area contributed by atoms with Crippen molar-refractivity contribution in [2.45, 2.75) is 13.3 Å². The molecule has 0 spiro atoms. The Kier molecular flexibility index (Phi) is 5.42. The summed E-state index contributed by atoms with van der Waals surface area (Å²) < 4.78 is 4.73. The van der Waals surface area contributed by atoms with Gasteiger partial charge in [-0.25, -0.2) is 4.98 Å². The van der Waals surface area contributed by atoms with Gasteiger partial charge in [0.15, 0.2) is 0 Å². The first-order valence-corrected chi connectivity index (χ1v) is 5.56. The predicted octanol–water partition coefficient (Wildman–Crippen LogP) is 1.42. The SMILES string of the molecule is CCOC(=O)CCNC(=O)c1ccc(Cl)nc1. The van der Waals surface area contributed by atoms with Crippen molar-refractivity contribution >= 4 is 23.5 Å². The van der Waals surface area contributed by atoms with Crippen LogP contribution in [0.15, 0.2) is 18.3 Å². The molecule has 0 aliphatic heterocycles. The number of amides is 1. The molecule has 0 aliphatic rings. The largest absolute Gasteiger partial charge is 0.466 e. The van der Waals surface area contributed by atoms with Crippen LogP contribution in [0.2, 0.25) is 5.15 Å². The molecule has 0 aliphatic carbocycles. The number of carbonyl (C=O) groups excluding carboxylic acids is 2. The normalized spacial score (nSPS) is 9.76. The topological polar surface area (TPSA) is 68.3 Å². The maximum atomic E-state index is 11.5. The Labute approximate surface area is 104 Å². The molecule has 0 saturated heterocycles. The van der Waals surface area contributed by atoms with Gasteiger partial charge >= 0.3 is 5.97 Å². The Morgan fingerprint density at radius 1 is 1.47 bits per heavy atom. The molecule has 0 bridgehead atoms. The highest BCUT2D eigenvalue weighted by molar-refractivity contribution is 6.29. The first kappa shape index (κ1) is 13.4. The van der Waals surface area contributed by atoms with Gasteiger partial charge in [-0.2, -0.15) is 0 Å². The maximum absolute atomic E-state index is 11.5. The minimum atomic E-state index is -0.331. The minimum Gasteiger partial charge on any atom is -0.466 e. The maximum Gasteiger partial charge on any atom is 0.307 e. The number of hydrogen-bond acceptors (Lipinski definition) is 4. The van der Waals surface area contributed by atoms with Crippen LogP contribution in [0.1, 0.15) is 23.7 Å². The van der Waals surface area contributed by atoms with E-state index in [1.165, 1.54) is 12.3 Å². The molecule has 1 aromatic rings. The highest BCUT2D eigenvalue weighted by Crippen LogP contribution is 2.04. The van der Waals surface area contributed by atoms with E-state index in [4.69, 9.17) is 16.3 Å². The van der Waals surface area contributed by atoms with Crippen molar-refractivity contribution in [3.8, 4) is 0 Å². The van der Waals surface area contributed by atoms with Crippen LogP contribution in [0.3, 0.4) is 0 Å². The summed E-state index contributed by atoms with van der Waals surface area (Å²) in [6.07, 6.45) is 1.53. The zero-order valence-corrected chi connectivity index (χ0v) is 10.2. The number of nitrogens with one attached hydrogen (secondary N) is 1. The number of aromatic nitrogens is 1. The summed E-state index contributed by atoms with van der Waals surface area (Å²) in [5.74, 6) is -0.625. The Morgan fingerprint density at radius 2 is 2.24 bits per heavy atom. The molecule has 1 amide bonds. The molecule has 0 unspecified atom stereocenters. The molecule has 0 radical (unpaired) electrons. The molecule has 5 nitrogen and oxygen atoms in total. The minimum absolute atomic E-state index is 0.153. The van der Waals surface area contributed by atoms with Crippen molar-refractivity contribution in [1.29, 1.82) is 0 Å². The van der Waals surface area contributed by atoms with Crippen LogP contribution in [0.5, 0.6) is 0 Å². The van der Waals surface area contributed by atoms with Crippen LogP contribution in [0, 0.1) is 0 Å². The zero-order chi connectivity index (χ0) is 12.7. The van der Waals surface area contributed by atoms with Gasteiger partial charge in [0.2, 0.25) is 0 Å². The second-order valence-electron chi connectivity index (χ2n) is 3.18. The standard InChI is InChI=1S/C11H13ClN2O3/c1-2-17-10(15)5-6-13-11(16)8-3-4-9(12)14-7-8/h3-4,7H,2,5-6H2,1H3,(H,13,16). The van der Waals surface area contributed by atoms with E-state index in [9.17, 15) is 9.59 Å². The number of halogens is 1. The van der Waals surface area contributed by atoms with Crippen LogP contribution in [-0.2, 0) is 9.53 Å². The van der Waals surface area contributed by atoms with Gasteiger partial charge < -0.3 is 10.1 Å². The fraction of sp³-hybridized carbons (Fsp3) is 0.364. The third-order valence-corrected chi connectivity index (χ3v) is 2.13. The number of rotatable bonds is 5. The predicted molar refractivity (Wildman–Crippen MR) is 62.8 cm³/mol. The summed E-state index contributed by atoms with van der Waals surface area (Å²) >= 11 is 5.59. The molecule has 6 heteroatoms. The molecular weight excluding hydrogens is 244 g/mol. The van der Waals surface area contributed by atoms with E-state index in [-0.39, 0.29) is 24.8 Å². The average molecular weight is 257 g/mol. The van der Waals surface area contributed by atoms with Crippen molar-refractivity contribution in [3.05, 3.63) is 29.0 Å². The van der Waals surface area contributed by atoms with Crippen LogP contribution in [0.4, 0.5) is 0 Å². The van der Waals surface area contributed by atoms with E-state index in [0.717, 1.165) is 0 Å². The monoisotopic (exact) mass is 256 g/mol. The number of nitrogens with zero attached hydrogens (tertiary/aromatic N) is 1. The molecular formula is C11H13ClN2O3. The number of hydrogen-bond donors (Lipinski definition) is 1. The van der Waals surface area contributed by atoms with E-state index in [1.807, 2.05) is 0 Å². The van der Waals surface area contributed by atoms with Gasteiger partial charge in [-0.1, -0.05) is 11.6 Å². The Hall–Kier alpha value is -1.62. The number of carbonyl (C=O) groups is 2. The van der Waals surface area contributed by atoms with Crippen LogP contribution < -0.4 is 5.32 Å². The molecule has 17 heavy (non-hydrogen) atoms. The quantitative estimate of drug-likeness (QED) is 0.639. The molecule has 0 saturated carbocycles. The van der Waals surface area contributed by atoms with Gasteiger partial charge in [0.25, 0.3) is 5.91 Å². The van der Waals surface area contributed by atoms with Gasteiger partial charge in [-0.15, -0.1) is 0 Å². The number of esters is 1. The number of ether oxygens (including phenoxy) is 1. The molecule has 0 atom stereocenters. The molecule has 1 heterocycles. The summed E-state index contributed by atoms with van der Waals surface area (Å²) in [6.45, 7) is 2.31. The lowest BCUT2D eigenvalue weighted by Gasteiger charge is -2.04. The first-order valence-electron chi connectivity index (χ1n) is 5.19. The smallest absolute Gasteiger partial charge is 0.307 e. The Bertz CT molecular complexity index is 392. The summed E-state index contributed by atoms with van der Waals surface area (Å²) in [7, 11) is 0. The van der Waals surface area contributed by atoms with Gasteiger partial charge in [0.1, 0.15) is 5.15 Å². The molecule has 0 fully saturated rings. The molecule has 92 valence electrons.